The van der Waals surface area contributed by atoms with E-state index in [1.165, 1.54) is 12.1 Å². The maximum Gasteiger partial charge on any atom is 0.261 e. The molecule has 0 aromatic heterocycles. The van der Waals surface area contributed by atoms with Crippen LogP contribution in [-0.2, 0) is 23.8 Å². The molecule has 1 atom stereocenters. The molecule has 2 rings (SSSR count). The topological polar surface area (TPSA) is 89.5 Å². The zero-order chi connectivity index (χ0) is 15.7. The van der Waals surface area contributed by atoms with E-state index in [-0.39, 0.29) is 16.3 Å². The van der Waals surface area contributed by atoms with Gasteiger partial charge in [-0.3, -0.25) is 0 Å². The maximum atomic E-state index is 12.1. The Balaban J connectivity index is 2.12. The van der Waals surface area contributed by atoms with Gasteiger partial charge in [0, 0.05) is 23.8 Å². The van der Waals surface area contributed by atoms with Gasteiger partial charge in [0.2, 0.25) is 10.0 Å². The molecule has 1 aliphatic heterocycles. The van der Waals surface area contributed by atoms with Crippen molar-refractivity contribution in [1.82, 2.24) is 4.72 Å². The standard InChI is InChI=1S/C12H16ClNO5S2/c1-12(7-2-8-19-12)9-14-21(17,18)11-5-3-10(4-6-11)20(13,15)16/h3-6,14H,2,7-9H2,1H3. The van der Waals surface area contributed by atoms with Crippen LogP contribution in [0, 0.1) is 0 Å². The summed E-state index contributed by atoms with van der Waals surface area (Å²) >= 11 is 0. The number of hydrogen-bond donors (Lipinski definition) is 1. The van der Waals surface area contributed by atoms with E-state index in [2.05, 4.69) is 4.72 Å². The van der Waals surface area contributed by atoms with Crippen LogP contribution in [-0.4, -0.2) is 35.6 Å². The molecule has 1 fully saturated rings. The van der Waals surface area contributed by atoms with Gasteiger partial charge in [0.15, 0.2) is 0 Å². The summed E-state index contributed by atoms with van der Waals surface area (Å²) in [5, 5.41) is 0. The minimum atomic E-state index is -3.86. The van der Waals surface area contributed by atoms with Crippen LogP contribution in [0.3, 0.4) is 0 Å². The number of rotatable bonds is 5. The van der Waals surface area contributed by atoms with Crippen molar-refractivity contribution in [2.75, 3.05) is 13.2 Å². The molecular formula is C12H16ClNO5S2. The molecule has 9 heteroatoms. The SMILES string of the molecule is CC1(CNS(=O)(=O)c2ccc(S(=O)(=O)Cl)cc2)CCCO1. The van der Waals surface area contributed by atoms with E-state index < -0.39 is 24.7 Å². The molecule has 0 amide bonds. The second-order valence-electron chi connectivity index (χ2n) is 5.14. The zero-order valence-electron chi connectivity index (χ0n) is 11.4. The lowest BCUT2D eigenvalue weighted by Crippen LogP contribution is -2.40. The van der Waals surface area contributed by atoms with Gasteiger partial charge in [-0.1, -0.05) is 0 Å². The molecule has 1 aliphatic rings. The van der Waals surface area contributed by atoms with Gasteiger partial charge in [-0.15, -0.1) is 0 Å². The third-order valence-corrected chi connectivity index (χ3v) is 6.14. The third kappa shape index (κ3) is 4.17. The largest absolute Gasteiger partial charge is 0.374 e. The molecule has 6 nitrogen and oxygen atoms in total. The van der Waals surface area contributed by atoms with Crippen LogP contribution in [0.15, 0.2) is 34.1 Å². The first-order valence-corrected chi connectivity index (χ1v) is 10.1. The van der Waals surface area contributed by atoms with Crippen molar-refractivity contribution < 1.29 is 21.6 Å². The van der Waals surface area contributed by atoms with Crippen molar-refractivity contribution >= 4 is 29.8 Å². The lowest BCUT2D eigenvalue weighted by atomic mass is 10.0. The Kier molecular flexibility index (Phi) is 4.65. The van der Waals surface area contributed by atoms with Gasteiger partial charge in [-0.05, 0) is 44.0 Å². The number of sulfonamides is 1. The average molecular weight is 354 g/mol. The van der Waals surface area contributed by atoms with Gasteiger partial charge in [0.05, 0.1) is 15.4 Å². The van der Waals surface area contributed by atoms with Crippen molar-refractivity contribution in [2.45, 2.75) is 35.2 Å². The molecular weight excluding hydrogens is 338 g/mol. The van der Waals surface area contributed by atoms with E-state index >= 15 is 0 Å². The van der Waals surface area contributed by atoms with Crippen molar-refractivity contribution in [3.63, 3.8) is 0 Å². The molecule has 0 spiro atoms. The maximum absolute atomic E-state index is 12.1. The number of ether oxygens (including phenoxy) is 1. The molecule has 21 heavy (non-hydrogen) atoms. The van der Waals surface area contributed by atoms with Crippen LogP contribution in [0.2, 0.25) is 0 Å². The fourth-order valence-corrected chi connectivity index (χ4v) is 4.01. The normalized spacial score (nSPS) is 23.3. The molecule has 1 N–H and O–H groups in total. The highest BCUT2D eigenvalue weighted by Crippen LogP contribution is 2.25. The van der Waals surface area contributed by atoms with Crippen molar-refractivity contribution in [2.24, 2.45) is 0 Å². The molecule has 1 aromatic carbocycles. The van der Waals surface area contributed by atoms with Crippen LogP contribution >= 0.6 is 10.7 Å². The first-order valence-electron chi connectivity index (χ1n) is 6.31. The fraction of sp³-hybridized carbons (Fsp3) is 0.500. The summed E-state index contributed by atoms with van der Waals surface area (Å²) < 4.78 is 54.5. The molecule has 118 valence electrons. The highest BCUT2D eigenvalue weighted by atomic mass is 35.7. The van der Waals surface area contributed by atoms with Crippen LogP contribution in [0.1, 0.15) is 19.8 Å². The lowest BCUT2D eigenvalue weighted by Gasteiger charge is -2.23. The third-order valence-electron chi connectivity index (χ3n) is 3.35. The molecule has 0 saturated carbocycles. The summed E-state index contributed by atoms with van der Waals surface area (Å²) in [6.07, 6.45) is 1.69. The summed E-state index contributed by atoms with van der Waals surface area (Å²) in [6.45, 7) is 2.65. The van der Waals surface area contributed by atoms with E-state index in [9.17, 15) is 16.8 Å². The Morgan fingerprint density at radius 3 is 2.24 bits per heavy atom. The Bertz CT molecular complexity index is 707. The van der Waals surface area contributed by atoms with E-state index in [1.807, 2.05) is 6.92 Å². The lowest BCUT2D eigenvalue weighted by molar-refractivity contribution is 0.0250. The molecule has 1 heterocycles. The minimum absolute atomic E-state index is 0.0202. The number of nitrogens with one attached hydrogen (secondary N) is 1. The highest BCUT2D eigenvalue weighted by molar-refractivity contribution is 8.13. The van der Waals surface area contributed by atoms with Crippen LogP contribution in [0.5, 0.6) is 0 Å². The highest BCUT2D eigenvalue weighted by Gasteiger charge is 2.31. The first-order chi connectivity index (χ1) is 9.62. The van der Waals surface area contributed by atoms with Crippen molar-refractivity contribution in [1.29, 1.82) is 0 Å². The minimum Gasteiger partial charge on any atom is -0.374 e. The summed E-state index contributed by atoms with van der Waals surface area (Å²) in [4.78, 5) is -0.164. The summed E-state index contributed by atoms with van der Waals surface area (Å²) in [5.74, 6) is 0. The monoisotopic (exact) mass is 353 g/mol. The van der Waals surface area contributed by atoms with Gasteiger partial charge in [0.25, 0.3) is 9.05 Å². The van der Waals surface area contributed by atoms with E-state index in [4.69, 9.17) is 15.4 Å². The fourth-order valence-electron chi connectivity index (χ4n) is 2.09. The van der Waals surface area contributed by atoms with Crippen LogP contribution < -0.4 is 4.72 Å². The van der Waals surface area contributed by atoms with Gasteiger partial charge in [0.1, 0.15) is 0 Å². The van der Waals surface area contributed by atoms with Crippen molar-refractivity contribution in [3.8, 4) is 0 Å². The van der Waals surface area contributed by atoms with E-state index in [1.54, 1.807) is 0 Å². The molecule has 0 aliphatic carbocycles. The average Bonchev–Trinajstić information content (AvgIpc) is 2.84. The second kappa shape index (κ2) is 5.85. The number of halogens is 1. The second-order valence-corrected chi connectivity index (χ2v) is 9.47. The Morgan fingerprint density at radius 1 is 1.19 bits per heavy atom. The zero-order valence-corrected chi connectivity index (χ0v) is 13.8. The molecule has 1 unspecified atom stereocenters. The van der Waals surface area contributed by atoms with Gasteiger partial charge in [-0.2, -0.15) is 0 Å². The van der Waals surface area contributed by atoms with E-state index in [0.29, 0.717) is 6.61 Å². The summed E-state index contributed by atoms with van der Waals surface area (Å²) in [5.41, 5.74) is -0.494. The van der Waals surface area contributed by atoms with Crippen LogP contribution in [0.4, 0.5) is 0 Å². The van der Waals surface area contributed by atoms with Gasteiger partial charge < -0.3 is 4.74 Å². The quantitative estimate of drug-likeness (QED) is 0.809. The molecule has 1 saturated heterocycles. The Hall–Kier alpha value is -0.670. The molecule has 1 aromatic rings. The number of benzene rings is 1. The number of hydrogen-bond acceptors (Lipinski definition) is 5. The molecule has 0 radical (unpaired) electrons. The van der Waals surface area contributed by atoms with Crippen LogP contribution in [0.25, 0.3) is 0 Å². The first kappa shape index (κ1) is 16.7. The Labute approximate surface area is 128 Å². The smallest absolute Gasteiger partial charge is 0.261 e. The Morgan fingerprint density at radius 2 is 1.76 bits per heavy atom. The predicted molar refractivity (Wildman–Crippen MR) is 78.3 cm³/mol. The van der Waals surface area contributed by atoms with Crippen molar-refractivity contribution in [3.05, 3.63) is 24.3 Å². The van der Waals surface area contributed by atoms with Gasteiger partial charge in [-0.25, -0.2) is 21.6 Å². The predicted octanol–water partition coefficient (Wildman–Crippen LogP) is 1.46. The molecule has 0 bridgehead atoms. The summed E-state index contributed by atoms with van der Waals surface area (Å²) in [6, 6.07) is 4.72. The summed E-state index contributed by atoms with van der Waals surface area (Å²) in [7, 11) is -2.40. The van der Waals surface area contributed by atoms with E-state index in [0.717, 1.165) is 25.0 Å². The van der Waals surface area contributed by atoms with Gasteiger partial charge >= 0.3 is 0 Å².